The number of amides is 1. The minimum Gasteiger partial charge on any atom is -0.395 e. The smallest absolute Gasteiger partial charge is 0.265 e. The number of morpholine rings is 1. The van der Waals surface area contributed by atoms with Crippen LogP contribution in [0.4, 0.5) is 0 Å². The van der Waals surface area contributed by atoms with Crippen molar-refractivity contribution < 1.29 is 14.6 Å². The molecule has 1 amide bonds. The summed E-state index contributed by atoms with van der Waals surface area (Å²) in [6.07, 6.45) is 0.434. The molecule has 0 radical (unpaired) electrons. The van der Waals surface area contributed by atoms with Gasteiger partial charge in [-0.2, -0.15) is 0 Å². The van der Waals surface area contributed by atoms with Crippen molar-refractivity contribution in [3.05, 3.63) is 34.9 Å². The Kier molecular flexibility index (Phi) is 5.76. The van der Waals surface area contributed by atoms with Gasteiger partial charge < -0.3 is 9.84 Å². The number of rotatable bonds is 3. The Morgan fingerprint density at radius 3 is 2.86 bits per heavy atom. The second-order valence-electron chi connectivity index (χ2n) is 4.90. The Morgan fingerprint density at radius 2 is 2.14 bits per heavy atom. The second kappa shape index (κ2) is 7.79. The first-order valence-corrected chi connectivity index (χ1v) is 7.04. The van der Waals surface area contributed by atoms with Gasteiger partial charge in [-0.15, -0.1) is 0 Å². The number of aliphatic hydroxyl groups excluding tert-OH is 1. The van der Waals surface area contributed by atoms with E-state index in [9.17, 15) is 4.79 Å². The third kappa shape index (κ3) is 4.87. The molecule has 0 aliphatic carbocycles. The SMILES string of the molecule is Cc1cc(C#CCCO)cc(C(=O)NN2CCOCC2)c1. The molecule has 1 aromatic rings. The molecule has 0 spiro atoms. The van der Waals surface area contributed by atoms with Crippen molar-refractivity contribution in [2.45, 2.75) is 13.3 Å². The van der Waals surface area contributed by atoms with Crippen molar-refractivity contribution in [3.63, 3.8) is 0 Å². The molecule has 1 heterocycles. The summed E-state index contributed by atoms with van der Waals surface area (Å²) < 4.78 is 5.25. The normalized spacial score (nSPS) is 15.1. The number of aliphatic hydroxyl groups is 1. The summed E-state index contributed by atoms with van der Waals surface area (Å²) >= 11 is 0. The highest BCUT2D eigenvalue weighted by atomic mass is 16.5. The zero-order valence-electron chi connectivity index (χ0n) is 12.2. The second-order valence-corrected chi connectivity index (χ2v) is 4.90. The molecular formula is C16H20N2O3. The van der Waals surface area contributed by atoms with E-state index in [1.807, 2.05) is 24.1 Å². The fraction of sp³-hybridized carbons (Fsp3) is 0.438. The van der Waals surface area contributed by atoms with Crippen LogP contribution in [0.5, 0.6) is 0 Å². The summed E-state index contributed by atoms with van der Waals surface area (Å²) in [5.74, 6) is 5.70. The lowest BCUT2D eigenvalue weighted by Gasteiger charge is -2.27. The number of benzene rings is 1. The maximum atomic E-state index is 12.3. The molecule has 5 heteroatoms. The van der Waals surface area contributed by atoms with Crippen LogP contribution in [-0.4, -0.2) is 48.9 Å². The predicted octanol–water partition coefficient (Wildman–Crippen LogP) is 0.706. The number of aryl methyl sites for hydroxylation is 1. The number of nitrogens with zero attached hydrogens (tertiary/aromatic N) is 1. The van der Waals surface area contributed by atoms with E-state index in [4.69, 9.17) is 9.84 Å². The zero-order valence-corrected chi connectivity index (χ0v) is 12.2. The predicted molar refractivity (Wildman–Crippen MR) is 79.6 cm³/mol. The Hall–Kier alpha value is -1.87. The number of carbonyl (C=O) groups is 1. The molecule has 1 aromatic carbocycles. The number of nitrogens with one attached hydrogen (secondary N) is 1. The van der Waals surface area contributed by atoms with Crippen molar-refractivity contribution in [2.75, 3.05) is 32.9 Å². The summed E-state index contributed by atoms with van der Waals surface area (Å²) in [4.78, 5) is 12.3. The number of hydrogen-bond donors (Lipinski definition) is 2. The molecule has 2 N–H and O–H groups in total. The van der Waals surface area contributed by atoms with Gasteiger partial charge in [-0.3, -0.25) is 10.2 Å². The monoisotopic (exact) mass is 288 g/mol. The number of hydrazine groups is 1. The first-order valence-electron chi connectivity index (χ1n) is 7.04. The van der Waals surface area contributed by atoms with Crippen molar-refractivity contribution in [2.24, 2.45) is 0 Å². The molecule has 1 aliphatic rings. The summed E-state index contributed by atoms with van der Waals surface area (Å²) in [7, 11) is 0. The summed E-state index contributed by atoms with van der Waals surface area (Å²) in [6, 6.07) is 5.54. The van der Waals surface area contributed by atoms with Gasteiger partial charge in [-0.25, -0.2) is 5.01 Å². The average molecular weight is 288 g/mol. The van der Waals surface area contributed by atoms with E-state index in [0.29, 0.717) is 38.3 Å². The molecule has 1 saturated heterocycles. The molecule has 0 aromatic heterocycles. The fourth-order valence-corrected chi connectivity index (χ4v) is 2.09. The average Bonchev–Trinajstić information content (AvgIpc) is 2.48. The minimum absolute atomic E-state index is 0.0448. The molecule has 1 fully saturated rings. The first kappa shape index (κ1) is 15.5. The molecule has 5 nitrogen and oxygen atoms in total. The van der Waals surface area contributed by atoms with Gasteiger partial charge in [-0.1, -0.05) is 11.8 Å². The van der Waals surface area contributed by atoms with Gasteiger partial charge >= 0.3 is 0 Å². The standard InChI is InChI=1S/C16H20N2O3/c1-13-10-14(4-2-3-7-19)12-15(11-13)16(20)17-18-5-8-21-9-6-18/h10-12,19H,3,5-9H2,1H3,(H,17,20). The lowest BCUT2D eigenvalue weighted by molar-refractivity contribution is 0.0126. The topological polar surface area (TPSA) is 61.8 Å². The Bertz CT molecular complexity index is 554. The molecular weight excluding hydrogens is 268 g/mol. The third-order valence-corrected chi connectivity index (χ3v) is 3.08. The highest BCUT2D eigenvalue weighted by Crippen LogP contribution is 2.09. The summed E-state index contributed by atoms with van der Waals surface area (Å²) in [5, 5.41) is 10.6. The Labute approximate surface area is 124 Å². The van der Waals surface area contributed by atoms with E-state index in [-0.39, 0.29) is 12.5 Å². The summed E-state index contributed by atoms with van der Waals surface area (Å²) in [6.45, 7) is 4.63. The van der Waals surface area contributed by atoms with Crippen LogP contribution in [0, 0.1) is 18.8 Å². The van der Waals surface area contributed by atoms with Crippen LogP contribution < -0.4 is 5.43 Å². The lowest BCUT2D eigenvalue weighted by Crippen LogP contribution is -2.48. The van der Waals surface area contributed by atoms with Crippen molar-refractivity contribution >= 4 is 5.91 Å². The molecule has 0 saturated carbocycles. The van der Waals surface area contributed by atoms with Gasteiger partial charge in [0.1, 0.15) is 0 Å². The fourth-order valence-electron chi connectivity index (χ4n) is 2.09. The van der Waals surface area contributed by atoms with Gasteiger partial charge in [-0.05, 0) is 30.7 Å². The van der Waals surface area contributed by atoms with Crippen LogP contribution in [-0.2, 0) is 4.74 Å². The Balaban J connectivity index is 2.07. The van der Waals surface area contributed by atoms with Gasteiger partial charge in [0.05, 0.1) is 19.8 Å². The number of ether oxygens (including phenoxy) is 1. The third-order valence-electron chi connectivity index (χ3n) is 3.08. The van der Waals surface area contributed by atoms with Crippen LogP contribution in [0.1, 0.15) is 27.9 Å². The molecule has 21 heavy (non-hydrogen) atoms. The molecule has 0 bridgehead atoms. The molecule has 0 atom stereocenters. The van der Waals surface area contributed by atoms with Crippen LogP contribution in [0.15, 0.2) is 18.2 Å². The molecule has 0 unspecified atom stereocenters. The van der Waals surface area contributed by atoms with Crippen molar-refractivity contribution in [3.8, 4) is 11.8 Å². The van der Waals surface area contributed by atoms with Crippen molar-refractivity contribution in [1.82, 2.24) is 10.4 Å². The minimum atomic E-state index is -0.134. The Morgan fingerprint density at radius 1 is 1.38 bits per heavy atom. The van der Waals surface area contributed by atoms with Gasteiger partial charge in [0.15, 0.2) is 0 Å². The lowest BCUT2D eigenvalue weighted by atomic mass is 10.1. The highest BCUT2D eigenvalue weighted by Gasteiger charge is 2.14. The largest absolute Gasteiger partial charge is 0.395 e. The maximum absolute atomic E-state index is 12.3. The zero-order chi connectivity index (χ0) is 15.1. The number of carbonyl (C=O) groups excluding carboxylic acids is 1. The molecule has 112 valence electrons. The van der Waals surface area contributed by atoms with E-state index in [0.717, 1.165) is 11.1 Å². The van der Waals surface area contributed by atoms with Gasteiger partial charge in [0.2, 0.25) is 0 Å². The van der Waals surface area contributed by atoms with E-state index in [2.05, 4.69) is 17.3 Å². The highest BCUT2D eigenvalue weighted by molar-refractivity contribution is 5.94. The van der Waals surface area contributed by atoms with Gasteiger partial charge in [0, 0.05) is 30.6 Å². The number of hydrogen-bond acceptors (Lipinski definition) is 4. The maximum Gasteiger partial charge on any atom is 0.265 e. The molecule has 1 aliphatic heterocycles. The van der Waals surface area contributed by atoms with E-state index in [1.54, 1.807) is 6.07 Å². The molecule has 2 rings (SSSR count). The van der Waals surface area contributed by atoms with Gasteiger partial charge in [0.25, 0.3) is 5.91 Å². The van der Waals surface area contributed by atoms with Crippen LogP contribution in [0.2, 0.25) is 0 Å². The van der Waals surface area contributed by atoms with E-state index < -0.39 is 0 Å². The van der Waals surface area contributed by atoms with Crippen LogP contribution in [0.3, 0.4) is 0 Å². The van der Waals surface area contributed by atoms with Crippen molar-refractivity contribution in [1.29, 1.82) is 0 Å². The summed E-state index contributed by atoms with van der Waals surface area (Å²) in [5.41, 5.74) is 5.25. The van der Waals surface area contributed by atoms with E-state index >= 15 is 0 Å². The van der Waals surface area contributed by atoms with Crippen LogP contribution in [0.25, 0.3) is 0 Å². The first-order chi connectivity index (χ1) is 10.2. The van der Waals surface area contributed by atoms with E-state index in [1.165, 1.54) is 0 Å². The quantitative estimate of drug-likeness (QED) is 0.804. The van der Waals surface area contributed by atoms with Crippen LogP contribution >= 0.6 is 0 Å².